The normalized spacial score (nSPS) is 13.7. The third kappa shape index (κ3) is 6.48. The monoisotopic (exact) mass is 484 g/mol. The van der Waals surface area contributed by atoms with E-state index in [0.717, 1.165) is 29.3 Å². The molecule has 3 N–H and O–H groups in total. The molecule has 1 unspecified atom stereocenters. The van der Waals surface area contributed by atoms with Crippen LogP contribution in [0.2, 0.25) is 0 Å². The number of benzene rings is 2. The molecule has 170 valence electrons. The van der Waals surface area contributed by atoms with Gasteiger partial charge in [-0.2, -0.15) is 32.2 Å². The van der Waals surface area contributed by atoms with Gasteiger partial charge in [0.25, 0.3) is 20.2 Å². The maximum atomic E-state index is 11.6. The van der Waals surface area contributed by atoms with Crippen LogP contribution in [-0.2, 0) is 29.8 Å². The number of carboxylic acid groups (broad SMARTS) is 1. The Bertz CT molecular complexity index is 1270. The zero-order chi connectivity index (χ0) is 24.1. The van der Waals surface area contributed by atoms with E-state index < -0.39 is 42.9 Å². The average molecular weight is 484 g/mol. The topological polar surface area (TPSA) is 203 Å². The number of anilines is 1. The molecule has 0 amide bonds. The number of rotatable bonds is 9. The predicted octanol–water partition coefficient (Wildman–Crippen LogP) is 1.41. The zero-order valence-electron chi connectivity index (χ0n) is 16.2. The first-order valence-electron chi connectivity index (χ1n) is 8.39. The van der Waals surface area contributed by atoms with Gasteiger partial charge in [0.2, 0.25) is 0 Å². The molecule has 2 rings (SSSR count). The highest BCUT2D eigenvalue weighted by Gasteiger charge is 2.24. The second kappa shape index (κ2) is 9.73. The van der Waals surface area contributed by atoms with Crippen molar-refractivity contribution >= 4 is 49.6 Å². The fraction of sp³-hybridized carbons (Fsp3) is 0.118. The number of aliphatic carboxylic acids is 1. The van der Waals surface area contributed by atoms with Crippen molar-refractivity contribution < 1.29 is 40.6 Å². The third-order valence-corrected chi connectivity index (χ3v) is 5.56. The summed E-state index contributed by atoms with van der Waals surface area (Å²) >= 11 is 0. The molecule has 0 bridgehead atoms. The Hall–Kier alpha value is -3.53. The van der Waals surface area contributed by atoms with Gasteiger partial charge in [-0.3, -0.25) is 14.1 Å². The van der Waals surface area contributed by atoms with Gasteiger partial charge in [0, 0.05) is 7.05 Å². The van der Waals surface area contributed by atoms with E-state index in [1.807, 2.05) is 0 Å². The summed E-state index contributed by atoms with van der Waals surface area (Å²) in [4.78, 5) is 22.2. The van der Waals surface area contributed by atoms with E-state index in [9.17, 15) is 31.5 Å². The van der Waals surface area contributed by atoms with Gasteiger partial charge in [-0.15, -0.1) is 0 Å². The van der Waals surface area contributed by atoms with E-state index in [4.69, 9.17) is 9.11 Å². The number of nitrogens with zero attached hydrogens (tertiary/aromatic N) is 4. The van der Waals surface area contributed by atoms with Crippen molar-refractivity contribution in [2.45, 2.75) is 15.8 Å². The SMILES string of the molecule is CN(/N=C(/C(=O)O)C(C=O)N=Nc1ccc(S(=O)(=O)O)cc1)c1ccc(S(=O)(=O)O)cc1. The number of carbonyl (C=O) groups excluding carboxylic acids is 1. The molecule has 0 saturated carbocycles. The van der Waals surface area contributed by atoms with Crippen LogP contribution in [0.4, 0.5) is 11.4 Å². The number of hydrazone groups is 1. The summed E-state index contributed by atoms with van der Waals surface area (Å²) in [5, 5.41) is 21.6. The number of hydrogen-bond acceptors (Lipinski definition) is 10. The number of aldehydes is 1. The number of hydrogen-bond donors (Lipinski definition) is 3. The molecule has 0 radical (unpaired) electrons. The summed E-state index contributed by atoms with van der Waals surface area (Å²) in [6, 6.07) is 7.44. The van der Waals surface area contributed by atoms with Gasteiger partial charge in [0.1, 0.15) is 0 Å². The van der Waals surface area contributed by atoms with Crippen molar-refractivity contribution in [3.8, 4) is 0 Å². The van der Waals surface area contributed by atoms with Crippen LogP contribution in [0, 0.1) is 0 Å². The van der Waals surface area contributed by atoms with Crippen LogP contribution in [-0.4, -0.2) is 62.1 Å². The van der Waals surface area contributed by atoms with Crippen molar-refractivity contribution in [3.05, 3.63) is 48.5 Å². The molecule has 2 aromatic carbocycles. The lowest BCUT2D eigenvalue weighted by atomic mass is 10.2. The quantitative estimate of drug-likeness (QED) is 0.153. The van der Waals surface area contributed by atoms with Gasteiger partial charge >= 0.3 is 5.97 Å². The smallest absolute Gasteiger partial charge is 0.354 e. The first-order chi connectivity index (χ1) is 14.8. The first-order valence-corrected chi connectivity index (χ1v) is 11.3. The molecule has 0 spiro atoms. The van der Waals surface area contributed by atoms with E-state index in [-0.39, 0.29) is 22.6 Å². The minimum Gasteiger partial charge on any atom is -0.477 e. The lowest BCUT2D eigenvalue weighted by Crippen LogP contribution is -2.31. The standard InChI is InChI=1S/C17H16N4O9S2/c1-21(12-4-8-14(9-5-12)32(28,29)30)20-16(17(23)24)15(10-22)19-18-11-2-6-13(7-3-11)31(25,26)27/h2-10,15H,1H3,(H,23,24)(H,25,26,27)(H,28,29,30)/b19-18?,20-16+. The molecule has 0 heterocycles. The lowest BCUT2D eigenvalue weighted by Gasteiger charge is -2.15. The Kier molecular flexibility index (Phi) is 7.52. The van der Waals surface area contributed by atoms with Crippen molar-refractivity contribution in [1.29, 1.82) is 0 Å². The summed E-state index contributed by atoms with van der Waals surface area (Å²) in [6.07, 6.45) is 0.179. The molecule has 0 aliphatic heterocycles. The van der Waals surface area contributed by atoms with Crippen molar-refractivity contribution in [2.24, 2.45) is 15.3 Å². The number of azo groups is 1. The van der Waals surface area contributed by atoms with E-state index in [0.29, 0.717) is 0 Å². The Balaban J connectivity index is 2.30. The van der Waals surface area contributed by atoms with Gasteiger partial charge in [-0.05, 0) is 48.5 Å². The highest BCUT2D eigenvalue weighted by Crippen LogP contribution is 2.19. The first kappa shape index (κ1) is 24.7. The van der Waals surface area contributed by atoms with E-state index in [1.54, 1.807) is 0 Å². The minimum absolute atomic E-state index is 0.0724. The molecule has 0 fully saturated rings. The molecule has 1 atom stereocenters. The van der Waals surface area contributed by atoms with E-state index in [2.05, 4.69) is 15.3 Å². The molecular weight excluding hydrogens is 468 g/mol. The Morgan fingerprint density at radius 3 is 1.81 bits per heavy atom. The maximum absolute atomic E-state index is 11.6. The molecule has 2 aromatic rings. The van der Waals surface area contributed by atoms with Gasteiger partial charge in [-0.1, -0.05) is 0 Å². The van der Waals surface area contributed by atoms with Gasteiger partial charge < -0.3 is 9.90 Å². The summed E-state index contributed by atoms with van der Waals surface area (Å²) < 4.78 is 62.2. The molecule has 15 heteroatoms. The molecule has 0 aromatic heterocycles. The summed E-state index contributed by atoms with van der Waals surface area (Å²) in [5.41, 5.74) is -0.402. The average Bonchev–Trinajstić information content (AvgIpc) is 2.72. The Morgan fingerprint density at radius 2 is 1.41 bits per heavy atom. The van der Waals surface area contributed by atoms with Gasteiger partial charge in [0.15, 0.2) is 18.0 Å². The van der Waals surface area contributed by atoms with Crippen LogP contribution < -0.4 is 5.01 Å². The van der Waals surface area contributed by atoms with E-state index in [1.165, 1.54) is 31.3 Å². The molecular formula is C17H16N4O9S2. The molecule has 0 aliphatic carbocycles. The second-order valence-electron chi connectivity index (χ2n) is 6.05. The fourth-order valence-corrected chi connectivity index (χ4v) is 3.20. The van der Waals surface area contributed by atoms with Crippen LogP contribution in [0.5, 0.6) is 0 Å². The Morgan fingerprint density at radius 1 is 0.938 bits per heavy atom. The fourth-order valence-electron chi connectivity index (χ4n) is 2.24. The summed E-state index contributed by atoms with van der Waals surface area (Å²) in [6.45, 7) is 0. The van der Waals surface area contributed by atoms with Crippen molar-refractivity contribution in [1.82, 2.24) is 0 Å². The maximum Gasteiger partial charge on any atom is 0.354 e. The highest BCUT2D eigenvalue weighted by atomic mass is 32.2. The largest absolute Gasteiger partial charge is 0.477 e. The molecule has 0 saturated heterocycles. The third-order valence-electron chi connectivity index (χ3n) is 3.83. The van der Waals surface area contributed by atoms with Crippen LogP contribution in [0.1, 0.15) is 0 Å². The van der Waals surface area contributed by atoms with Crippen molar-refractivity contribution in [2.75, 3.05) is 12.1 Å². The summed E-state index contributed by atoms with van der Waals surface area (Å²) in [7, 11) is -7.49. The van der Waals surface area contributed by atoms with Crippen LogP contribution in [0.3, 0.4) is 0 Å². The van der Waals surface area contributed by atoms with Gasteiger partial charge in [-0.25, -0.2) is 4.79 Å². The Labute approximate surface area is 182 Å². The van der Waals surface area contributed by atoms with Gasteiger partial charge in [0.05, 0.1) is 21.2 Å². The predicted molar refractivity (Wildman–Crippen MR) is 110 cm³/mol. The zero-order valence-corrected chi connectivity index (χ0v) is 17.8. The van der Waals surface area contributed by atoms with E-state index >= 15 is 0 Å². The number of carboxylic acids is 1. The highest BCUT2D eigenvalue weighted by molar-refractivity contribution is 7.86. The lowest BCUT2D eigenvalue weighted by molar-refractivity contribution is -0.130. The van der Waals surface area contributed by atoms with Crippen LogP contribution in [0.15, 0.2) is 73.7 Å². The van der Waals surface area contributed by atoms with Crippen LogP contribution in [0.25, 0.3) is 0 Å². The molecule has 32 heavy (non-hydrogen) atoms. The molecule has 0 aliphatic rings. The minimum atomic E-state index is -4.41. The molecule has 13 nitrogen and oxygen atoms in total. The second-order valence-corrected chi connectivity index (χ2v) is 8.89. The summed E-state index contributed by atoms with van der Waals surface area (Å²) in [5.74, 6) is -1.58. The van der Waals surface area contributed by atoms with Crippen LogP contribution >= 0.6 is 0 Å². The van der Waals surface area contributed by atoms with Crippen molar-refractivity contribution in [3.63, 3.8) is 0 Å². The number of carbonyl (C=O) groups is 2.